The molecule has 0 unspecified atom stereocenters. The number of rotatable bonds is 7. The minimum absolute atomic E-state index is 0.117. The molecule has 0 aliphatic carbocycles. The lowest BCUT2D eigenvalue weighted by Crippen LogP contribution is -2.20. The molecule has 0 heterocycles. The first-order chi connectivity index (χ1) is 14.2. The Morgan fingerprint density at radius 1 is 0.967 bits per heavy atom. The van der Waals surface area contributed by atoms with Crippen molar-refractivity contribution in [3.8, 4) is 5.75 Å². The second-order valence-corrected chi connectivity index (χ2v) is 9.34. The van der Waals surface area contributed by atoms with Crippen molar-refractivity contribution in [2.24, 2.45) is 0 Å². The van der Waals surface area contributed by atoms with E-state index in [0.717, 1.165) is 10.0 Å². The summed E-state index contributed by atoms with van der Waals surface area (Å²) in [6.07, 6.45) is 0. The Labute approximate surface area is 184 Å². The van der Waals surface area contributed by atoms with Crippen molar-refractivity contribution < 1.29 is 17.9 Å². The smallest absolute Gasteiger partial charge is 0.262 e. The van der Waals surface area contributed by atoms with Gasteiger partial charge in [-0.1, -0.05) is 39.7 Å². The van der Waals surface area contributed by atoms with Crippen LogP contribution in [0.2, 0.25) is 0 Å². The van der Waals surface area contributed by atoms with Gasteiger partial charge in [0.1, 0.15) is 5.75 Å². The number of carbonyl (C=O) groups excluding carboxylic acids is 1. The molecule has 0 aliphatic heterocycles. The van der Waals surface area contributed by atoms with Crippen LogP contribution in [0.25, 0.3) is 0 Å². The molecule has 0 atom stereocenters. The molecule has 3 rings (SSSR count). The molecule has 0 radical (unpaired) electrons. The van der Waals surface area contributed by atoms with E-state index in [9.17, 15) is 13.2 Å². The highest BCUT2D eigenvalue weighted by Crippen LogP contribution is 2.24. The molecule has 1 amide bonds. The number of halogens is 1. The fourth-order valence-electron chi connectivity index (χ4n) is 2.69. The molecule has 0 bridgehead atoms. The number of carbonyl (C=O) groups is 1. The average molecular weight is 489 g/mol. The highest BCUT2D eigenvalue weighted by atomic mass is 79.9. The minimum atomic E-state index is -3.73. The third-order valence-corrected chi connectivity index (χ3v) is 6.10. The zero-order chi connectivity index (χ0) is 21.7. The number of benzene rings is 3. The van der Waals surface area contributed by atoms with Crippen LogP contribution in [-0.4, -0.2) is 20.9 Å². The molecule has 30 heavy (non-hydrogen) atoms. The zero-order valence-electron chi connectivity index (χ0n) is 16.5. The van der Waals surface area contributed by atoms with E-state index < -0.39 is 10.0 Å². The van der Waals surface area contributed by atoms with Crippen molar-refractivity contribution in [2.45, 2.75) is 18.7 Å². The standard InChI is InChI=1S/C22H21BrN2O4S/c1-15-6-8-18(9-7-15)25-30(27,28)20-10-11-21(16(2)12-20)29-14-22(26)24-19-5-3-4-17(23)13-19/h3-13,25H,14H2,1-2H3,(H,24,26). The molecule has 3 aromatic carbocycles. The Kier molecular flexibility index (Phi) is 6.79. The first-order valence-electron chi connectivity index (χ1n) is 9.11. The molecule has 6 nitrogen and oxygen atoms in total. The second-order valence-electron chi connectivity index (χ2n) is 6.75. The summed E-state index contributed by atoms with van der Waals surface area (Å²) in [4.78, 5) is 12.2. The number of hydrogen-bond donors (Lipinski definition) is 2. The lowest BCUT2D eigenvalue weighted by molar-refractivity contribution is -0.118. The fourth-order valence-corrected chi connectivity index (χ4v) is 4.24. The highest BCUT2D eigenvalue weighted by Gasteiger charge is 2.16. The van der Waals surface area contributed by atoms with Crippen LogP contribution in [0.3, 0.4) is 0 Å². The van der Waals surface area contributed by atoms with Gasteiger partial charge in [0, 0.05) is 15.8 Å². The van der Waals surface area contributed by atoms with Crippen molar-refractivity contribution in [3.05, 3.63) is 82.3 Å². The van der Waals surface area contributed by atoms with E-state index in [0.29, 0.717) is 22.7 Å². The Morgan fingerprint density at radius 2 is 1.70 bits per heavy atom. The number of aryl methyl sites for hydroxylation is 2. The van der Waals surface area contributed by atoms with E-state index in [-0.39, 0.29) is 17.4 Å². The Balaban J connectivity index is 1.64. The van der Waals surface area contributed by atoms with Crippen molar-refractivity contribution in [1.82, 2.24) is 0 Å². The number of anilines is 2. The van der Waals surface area contributed by atoms with Gasteiger partial charge in [-0.05, 0) is 67.9 Å². The molecule has 0 saturated heterocycles. The SMILES string of the molecule is Cc1ccc(NS(=O)(=O)c2ccc(OCC(=O)Nc3cccc(Br)c3)c(C)c2)cc1. The average Bonchev–Trinajstić information content (AvgIpc) is 2.68. The van der Waals surface area contributed by atoms with Gasteiger partial charge in [-0.2, -0.15) is 0 Å². The maximum atomic E-state index is 12.6. The Bertz CT molecular complexity index is 1160. The van der Waals surface area contributed by atoms with Crippen molar-refractivity contribution >= 4 is 43.2 Å². The van der Waals surface area contributed by atoms with Crippen LogP contribution < -0.4 is 14.8 Å². The maximum Gasteiger partial charge on any atom is 0.262 e. The van der Waals surface area contributed by atoms with E-state index in [1.54, 1.807) is 37.3 Å². The van der Waals surface area contributed by atoms with Gasteiger partial charge in [0.15, 0.2) is 6.61 Å². The van der Waals surface area contributed by atoms with E-state index in [1.807, 2.05) is 31.2 Å². The third-order valence-electron chi connectivity index (χ3n) is 4.23. The third kappa shape index (κ3) is 5.84. The molecule has 0 saturated carbocycles. The molecular formula is C22H21BrN2O4S. The van der Waals surface area contributed by atoms with E-state index in [4.69, 9.17) is 4.74 Å². The Morgan fingerprint density at radius 3 is 2.37 bits per heavy atom. The highest BCUT2D eigenvalue weighted by molar-refractivity contribution is 9.10. The van der Waals surface area contributed by atoms with Gasteiger partial charge in [-0.15, -0.1) is 0 Å². The number of sulfonamides is 1. The normalized spacial score (nSPS) is 11.0. The van der Waals surface area contributed by atoms with Crippen LogP contribution in [0.5, 0.6) is 5.75 Å². The summed E-state index contributed by atoms with van der Waals surface area (Å²) in [6, 6.07) is 18.8. The van der Waals surface area contributed by atoms with Gasteiger partial charge in [0.25, 0.3) is 15.9 Å². The van der Waals surface area contributed by atoms with Crippen LogP contribution in [0.15, 0.2) is 76.1 Å². The van der Waals surface area contributed by atoms with Crippen LogP contribution >= 0.6 is 15.9 Å². The number of nitrogens with one attached hydrogen (secondary N) is 2. The quantitative estimate of drug-likeness (QED) is 0.495. The Hall–Kier alpha value is -2.84. The van der Waals surface area contributed by atoms with Gasteiger partial charge < -0.3 is 10.1 Å². The van der Waals surface area contributed by atoms with Gasteiger partial charge in [-0.3, -0.25) is 9.52 Å². The number of hydrogen-bond acceptors (Lipinski definition) is 4. The topological polar surface area (TPSA) is 84.5 Å². The number of ether oxygens (including phenoxy) is 1. The van der Waals surface area contributed by atoms with Gasteiger partial charge in [0.05, 0.1) is 4.90 Å². The predicted molar refractivity (Wildman–Crippen MR) is 121 cm³/mol. The zero-order valence-corrected chi connectivity index (χ0v) is 18.9. The van der Waals surface area contributed by atoms with Gasteiger partial charge in [-0.25, -0.2) is 8.42 Å². The summed E-state index contributed by atoms with van der Waals surface area (Å²) in [5.41, 5.74) is 2.79. The van der Waals surface area contributed by atoms with Crippen molar-refractivity contribution in [1.29, 1.82) is 0 Å². The first-order valence-corrected chi connectivity index (χ1v) is 11.4. The predicted octanol–water partition coefficient (Wildman–Crippen LogP) is 4.88. The van der Waals surface area contributed by atoms with Crippen LogP contribution in [0, 0.1) is 13.8 Å². The van der Waals surface area contributed by atoms with Gasteiger partial charge in [0.2, 0.25) is 0 Å². The summed E-state index contributed by atoms with van der Waals surface area (Å²) in [5, 5.41) is 2.74. The molecule has 8 heteroatoms. The molecule has 156 valence electrons. The summed E-state index contributed by atoms with van der Waals surface area (Å²) in [6.45, 7) is 3.47. The molecule has 2 N–H and O–H groups in total. The molecular weight excluding hydrogens is 468 g/mol. The van der Waals surface area contributed by atoms with Crippen LogP contribution in [0.4, 0.5) is 11.4 Å². The summed E-state index contributed by atoms with van der Waals surface area (Å²) in [7, 11) is -3.73. The summed E-state index contributed by atoms with van der Waals surface area (Å²) < 4.78 is 34.2. The van der Waals surface area contributed by atoms with E-state index in [2.05, 4.69) is 26.0 Å². The van der Waals surface area contributed by atoms with Crippen molar-refractivity contribution in [3.63, 3.8) is 0 Å². The van der Waals surface area contributed by atoms with Crippen molar-refractivity contribution in [2.75, 3.05) is 16.6 Å². The minimum Gasteiger partial charge on any atom is -0.483 e. The van der Waals surface area contributed by atoms with E-state index >= 15 is 0 Å². The number of amides is 1. The summed E-state index contributed by atoms with van der Waals surface area (Å²) >= 11 is 3.35. The summed E-state index contributed by atoms with van der Waals surface area (Å²) in [5.74, 6) is 0.124. The molecule has 0 spiro atoms. The van der Waals surface area contributed by atoms with Crippen LogP contribution in [0.1, 0.15) is 11.1 Å². The second kappa shape index (κ2) is 9.32. The molecule has 3 aromatic rings. The first kappa shape index (κ1) is 21.9. The lowest BCUT2D eigenvalue weighted by atomic mass is 10.2. The molecule has 0 fully saturated rings. The molecule has 0 aliphatic rings. The maximum absolute atomic E-state index is 12.6. The molecule has 0 aromatic heterocycles. The lowest BCUT2D eigenvalue weighted by Gasteiger charge is -2.12. The fraction of sp³-hybridized carbons (Fsp3) is 0.136. The monoisotopic (exact) mass is 488 g/mol. The van der Waals surface area contributed by atoms with Gasteiger partial charge >= 0.3 is 0 Å². The van der Waals surface area contributed by atoms with E-state index in [1.165, 1.54) is 12.1 Å². The largest absolute Gasteiger partial charge is 0.483 e. The van der Waals surface area contributed by atoms with Crippen LogP contribution in [-0.2, 0) is 14.8 Å².